The Labute approximate surface area is 166 Å². The Kier molecular flexibility index (Phi) is 7.58. The highest BCUT2D eigenvalue weighted by molar-refractivity contribution is 5.76. The number of rotatable bonds is 11. The standard InChI is InChI=1S/C24H30FNO2/c1-2-3-4-5-6-7-8-9-10-11-12-18-13-14-23-20(15-18)26-21-16-19(25)22(27)17-24(21)28-23/h13-17H,2-12H2,1H3. The predicted molar refractivity (Wildman–Crippen MR) is 112 cm³/mol. The Hall–Kier alpha value is -2.23. The van der Waals surface area contributed by atoms with Gasteiger partial charge in [0.05, 0.1) is 0 Å². The molecule has 0 bridgehead atoms. The Bertz CT molecular complexity index is 918. The van der Waals surface area contributed by atoms with Gasteiger partial charge in [-0.25, -0.2) is 9.37 Å². The minimum absolute atomic E-state index is 0.321. The van der Waals surface area contributed by atoms with Crippen molar-refractivity contribution in [3.63, 3.8) is 0 Å². The maximum absolute atomic E-state index is 13.5. The van der Waals surface area contributed by atoms with E-state index in [-0.39, 0.29) is 0 Å². The topological polar surface area (TPSA) is 43.1 Å². The molecule has 0 spiro atoms. The molecule has 1 aliphatic heterocycles. The van der Waals surface area contributed by atoms with Gasteiger partial charge in [-0.05, 0) is 30.5 Å². The third-order valence-electron chi connectivity index (χ3n) is 5.32. The largest absolute Gasteiger partial charge is 0.453 e. The first kappa shape index (κ1) is 20.5. The van der Waals surface area contributed by atoms with Gasteiger partial charge in [-0.1, -0.05) is 70.8 Å². The summed E-state index contributed by atoms with van der Waals surface area (Å²) in [5, 5.41) is 0. The SMILES string of the molecule is CCCCCCCCCCCCc1ccc2oc3cc(=O)c(F)cc-3nc2c1. The van der Waals surface area contributed by atoms with Crippen molar-refractivity contribution in [1.82, 2.24) is 4.98 Å². The fourth-order valence-electron chi connectivity index (χ4n) is 3.65. The first-order chi connectivity index (χ1) is 13.7. The van der Waals surface area contributed by atoms with Crippen LogP contribution in [-0.2, 0) is 6.42 Å². The molecule has 0 saturated heterocycles. The van der Waals surface area contributed by atoms with Gasteiger partial charge >= 0.3 is 0 Å². The maximum atomic E-state index is 13.5. The van der Waals surface area contributed by atoms with Crippen molar-refractivity contribution in [3.05, 3.63) is 51.9 Å². The normalized spacial score (nSPS) is 11.5. The number of halogens is 1. The van der Waals surface area contributed by atoms with Crippen molar-refractivity contribution in [3.8, 4) is 11.5 Å². The lowest BCUT2D eigenvalue weighted by molar-refractivity contribution is 0.556. The van der Waals surface area contributed by atoms with Crippen LogP contribution >= 0.6 is 0 Å². The summed E-state index contributed by atoms with van der Waals surface area (Å²) in [5.74, 6) is -0.475. The Morgan fingerprint density at radius 3 is 2.29 bits per heavy atom. The first-order valence-electron chi connectivity index (χ1n) is 10.7. The third kappa shape index (κ3) is 5.63. The van der Waals surface area contributed by atoms with E-state index in [4.69, 9.17) is 4.42 Å². The van der Waals surface area contributed by atoms with Gasteiger partial charge in [0.15, 0.2) is 17.2 Å². The number of aryl methyl sites for hydroxylation is 1. The molecule has 0 N–H and O–H groups in total. The summed E-state index contributed by atoms with van der Waals surface area (Å²) in [4.78, 5) is 15.9. The minimum Gasteiger partial charge on any atom is -0.453 e. The fraction of sp³-hybridized carbons (Fsp3) is 0.500. The summed E-state index contributed by atoms with van der Waals surface area (Å²) >= 11 is 0. The molecule has 3 rings (SSSR count). The average Bonchev–Trinajstić information content (AvgIpc) is 2.69. The molecule has 0 amide bonds. The lowest BCUT2D eigenvalue weighted by Gasteiger charge is -2.08. The van der Waals surface area contributed by atoms with Gasteiger partial charge in [0.2, 0.25) is 5.43 Å². The maximum Gasteiger partial charge on any atom is 0.218 e. The fourth-order valence-corrected chi connectivity index (χ4v) is 3.65. The summed E-state index contributed by atoms with van der Waals surface area (Å²) in [6, 6.07) is 8.26. The summed E-state index contributed by atoms with van der Waals surface area (Å²) in [5.41, 5.74) is 2.24. The molecular formula is C24H30FNO2. The molecule has 0 saturated carbocycles. The van der Waals surface area contributed by atoms with E-state index in [0.717, 1.165) is 18.6 Å². The summed E-state index contributed by atoms with van der Waals surface area (Å²) in [7, 11) is 0. The Morgan fingerprint density at radius 1 is 0.893 bits per heavy atom. The van der Waals surface area contributed by atoms with Gasteiger partial charge in [0.25, 0.3) is 0 Å². The molecule has 0 aromatic heterocycles. The zero-order valence-corrected chi connectivity index (χ0v) is 16.8. The summed E-state index contributed by atoms with van der Waals surface area (Å²) in [6.45, 7) is 2.26. The zero-order chi connectivity index (χ0) is 19.8. The second-order valence-electron chi connectivity index (χ2n) is 7.70. The molecule has 2 aliphatic rings. The molecule has 0 fully saturated rings. The van der Waals surface area contributed by atoms with Crippen molar-refractivity contribution in [2.45, 2.75) is 77.6 Å². The Balaban J connectivity index is 1.48. The third-order valence-corrected chi connectivity index (χ3v) is 5.32. The second-order valence-corrected chi connectivity index (χ2v) is 7.70. The summed E-state index contributed by atoms with van der Waals surface area (Å²) < 4.78 is 19.2. The van der Waals surface area contributed by atoms with E-state index in [9.17, 15) is 9.18 Å². The number of benzene rings is 2. The molecule has 0 unspecified atom stereocenters. The molecule has 150 valence electrons. The molecule has 1 heterocycles. The van der Waals surface area contributed by atoms with Crippen molar-refractivity contribution >= 4 is 11.1 Å². The first-order valence-corrected chi connectivity index (χ1v) is 10.7. The number of hydrogen-bond donors (Lipinski definition) is 0. The van der Waals surface area contributed by atoms with Crippen LogP contribution in [0.3, 0.4) is 0 Å². The lowest BCUT2D eigenvalue weighted by atomic mass is 10.0. The van der Waals surface area contributed by atoms with Crippen LogP contribution < -0.4 is 5.43 Å². The van der Waals surface area contributed by atoms with Crippen molar-refractivity contribution in [2.75, 3.05) is 0 Å². The molecule has 0 atom stereocenters. The van der Waals surface area contributed by atoms with Crippen LogP contribution in [0.4, 0.5) is 4.39 Å². The van der Waals surface area contributed by atoms with Crippen LogP contribution in [0.5, 0.6) is 0 Å². The second kappa shape index (κ2) is 10.4. The van der Waals surface area contributed by atoms with E-state index in [1.807, 2.05) is 12.1 Å². The lowest BCUT2D eigenvalue weighted by Crippen LogP contribution is -2.06. The van der Waals surface area contributed by atoms with Crippen LogP contribution in [0.2, 0.25) is 0 Å². The molecule has 3 nitrogen and oxygen atoms in total. The number of nitrogens with zero attached hydrogens (tertiary/aromatic N) is 1. The van der Waals surface area contributed by atoms with Crippen LogP contribution in [0.15, 0.2) is 39.5 Å². The Morgan fingerprint density at radius 2 is 1.57 bits per heavy atom. The van der Waals surface area contributed by atoms with E-state index in [0.29, 0.717) is 22.6 Å². The van der Waals surface area contributed by atoms with Gasteiger partial charge in [-0.15, -0.1) is 0 Å². The van der Waals surface area contributed by atoms with Gasteiger partial charge in [0.1, 0.15) is 11.2 Å². The van der Waals surface area contributed by atoms with E-state index in [2.05, 4.69) is 18.0 Å². The van der Waals surface area contributed by atoms with Gasteiger partial charge in [-0.3, -0.25) is 4.79 Å². The van der Waals surface area contributed by atoms with E-state index < -0.39 is 11.2 Å². The average molecular weight is 384 g/mol. The molecular weight excluding hydrogens is 353 g/mol. The molecule has 1 aliphatic carbocycles. The monoisotopic (exact) mass is 383 g/mol. The van der Waals surface area contributed by atoms with E-state index in [1.165, 1.54) is 69.8 Å². The van der Waals surface area contributed by atoms with Crippen LogP contribution in [0.25, 0.3) is 22.6 Å². The number of aromatic nitrogens is 1. The van der Waals surface area contributed by atoms with Gasteiger partial charge in [-0.2, -0.15) is 0 Å². The quantitative estimate of drug-likeness (QED) is 0.267. The van der Waals surface area contributed by atoms with Crippen molar-refractivity contribution in [1.29, 1.82) is 0 Å². The van der Waals surface area contributed by atoms with Crippen LogP contribution in [0.1, 0.15) is 76.7 Å². The highest BCUT2D eigenvalue weighted by Gasteiger charge is 2.13. The van der Waals surface area contributed by atoms with Crippen LogP contribution in [0, 0.1) is 5.82 Å². The molecule has 0 radical (unpaired) electrons. The smallest absolute Gasteiger partial charge is 0.218 e. The number of unbranched alkanes of at least 4 members (excludes halogenated alkanes) is 9. The highest BCUT2D eigenvalue weighted by Crippen LogP contribution is 2.25. The van der Waals surface area contributed by atoms with E-state index >= 15 is 0 Å². The highest BCUT2D eigenvalue weighted by atomic mass is 19.1. The van der Waals surface area contributed by atoms with Gasteiger partial charge < -0.3 is 4.42 Å². The predicted octanol–water partition coefficient (Wildman–Crippen LogP) is 6.90. The minimum atomic E-state index is -0.795. The van der Waals surface area contributed by atoms with E-state index in [1.54, 1.807) is 0 Å². The molecule has 4 heteroatoms. The summed E-state index contributed by atoms with van der Waals surface area (Å²) in [6.07, 6.45) is 14.3. The van der Waals surface area contributed by atoms with Crippen LogP contribution in [-0.4, -0.2) is 4.98 Å². The zero-order valence-electron chi connectivity index (χ0n) is 16.8. The molecule has 28 heavy (non-hydrogen) atoms. The van der Waals surface area contributed by atoms with Gasteiger partial charge in [0, 0.05) is 12.1 Å². The van der Waals surface area contributed by atoms with Crippen molar-refractivity contribution in [2.24, 2.45) is 0 Å². The molecule has 1 aromatic carbocycles. The molecule has 1 aromatic rings. The number of fused-ring (bicyclic) bond motifs is 2. The van der Waals surface area contributed by atoms with Crippen molar-refractivity contribution < 1.29 is 8.81 Å². The number of hydrogen-bond acceptors (Lipinski definition) is 3.